The molecular weight excluding hydrogens is 276 g/mol. The number of aryl methyl sites for hydroxylation is 1. The van der Waals surface area contributed by atoms with Gasteiger partial charge >= 0.3 is 0 Å². The van der Waals surface area contributed by atoms with Crippen molar-refractivity contribution < 1.29 is 8.42 Å². The molecule has 0 spiro atoms. The van der Waals surface area contributed by atoms with Crippen LogP contribution in [0, 0.1) is 6.92 Å². The van der Waals surface area contributed by atoms with Gasteiger partial charge in [0.15, 0.2) is 0 Å². The molecule has 1 aromatic heterocycles. The van der Waals surface area contributed by atoms with Gasteiger partial charge in [0.05, 0.1) is 16.3 Å². The van der Waals surface area contributed by atoms with E-state index in [1.54, 1.807) is 12.3 Å². The summed E-state index contributed by atoms with van der Waals surface area (Å²) in [4.78, 5) is 4.19. The monoisotopic (exact) mass is 292 g/mol. The fourth-order valence-corrected chi connectivity index (χ4v) is 2.23. The van der Waals surface area contributed by atoms with Gasteiger partial charge in [0.2, 0.25) is 10.0 Å². The highest BCUT2D eigenvalue weighted by Crippen LogP contribution is 2.22. The highest BCUT2D eigenvalue weighted by atomic mass is 32.2. The maximum absolute atomic E-state index is 11.2. The van der Waals surface area contributed by atoms with E-state index < -0.39 is 10.0 Å². The van der Waals surface area contributed by atoms with Crippen LogP contribution in [0.15, 0.2) is 41.4 Å². The molecule has 7 heteroatoms. The second-order valence-corrected chi connectivity index (χ2v) is 6.02. The van der Waals surface area contributed by atoms with E-state index in [9.17, 15) is 8.42 Å². The first-order chi connectivity index (χ1) is 9.36. The lowest BCUT2D eigenvalue weighted by molar-refractivity contribution is 0.598. The number of hydrogen-bond donors (Lipinski definition) is 3. The summed E-state index contributed by atoms with van der Waals surface area (Å²) >= 11 is 0. The van der Waals surface area contributed by atoms with Crippen molar-refractivity contribution in [2.45, 2.75) is 18.4 Å². The Labute approximate surface area is 117 Å². The summed E-state index contributed by atoms with van der Waals surface area (Å²) in [7, 11) is -3.73. The summed E-state index contributed by atoms with van der Waals surface area (Å²) < 4.78 is 22.4. The molecule has 0 saturated heterocycles. The molecule has 1 heterocycles. The zero-order valence-electron chi connectivity index (χ0n) is 11.0. The minimum atomic E-state index is -3.73. The number of nitrogens with one attached hydrogen (secondary N) is 1. The van der Waals surface area contributed by atoms with Gasteiger partial charge < -0.3 is 11.1 Å². The lowest BCUT2D eigenvalue weighted by Gasteiger charge is -2.10. The number of nitrogens with two attached hydrogens (primary N) is 2. The SMILES string of the molecule is Cc1ccc(CNc2ccc(S(N)(=O)=O)cc2N)cn1. The van der Waals surface area contributed by atoms with Crippen molar-refractivity contribution in [1.29, 1.82) is 0 Å². The summed E-state index contributed by atoms with van der Waals surface area (Å²) in [6, 6.07) is 8.23. The van der Waals surface area contributed by atoms with Gasteiger partial charge in [-0.25, -0.2) is 13.6 Å². The van der Waals surface area contributed by atoms with Crippen LogP contribution < -0.4 is 16.2 Å². The smallest absolute Gasteiger partial charge is 0.238 e. The summed E-state index contributed by atoms with van der Waals surface area (Å²) in [5.74, 6) is 0. The number of aromatic nitrogens is 1. The zero-order chi connectivity index (χ0) is 14.8. The average molecular weight is 292 g/mol. The maximum Gasteiger partial charge on any atom is 0.238 e. The van der Waals surface area contributed by atoms with Crippen LogP contribution in [0.3, 0.4) is 0 Å². The number of hydrogen-bond acceptors (Lipinski definition) is 5. The predicted octanol–water partition coefficient (Wildman–Crippen LogP) is 1.23. The van der Waals surface area contributed by atoms with Gasteiger partial charge in [0.1, 0.15) is 0 Å². The molecule has 5 N–H and O–H groups in total. The fraction of sp³-hybridized carbons (Fsp3) is 0.154. The fourth-order valence-electron chi connectivity index (χ4n) is 1.68. The molecule has 0 atom stereocenters. The van der Waals surface area contributed by atoms with Crippen molar-refractivity contribution in [2.75, 3.05) is 11.1 Å². The van der Waals surface area contributed by atoms with Gasteiger partial charge in [-0.1, -0.05) is 6.07 Å². The van der Waals surface area contributed by atoms with Crippen molar-refractivity contribution in [1.82, 2.24) is 4.98 Å². The highest BCUT2D eigenvalue weighted by molar-refractivity contribution is 7.89. The number of sulfonamides is 1. The molecule has 0 radical (unpaired) electrons. The number of benzene rings is 1. The van der Waals surface area contributed by atoms with Crippen LogP contribution in [0.1, 0.15) is 11.3 Å². The number of pyridine rings is 1. The van der Waals surface area contributed by atoms with Crippen LogP contribution in [0.25, 0.3) is 0 Å². The predicted molar refractivity (Wildman–Crippen MR) is 78.5 cm³/mol. The molecule has 0 amide bonds. The molecule has 1 aromatic carbocycles. The largest absolute Gasteiger partial charge is 0.397 e. The minimum absolute atomic E-state index is 0.00227. The number of nitrogens with zero attached hydrogens (tertiary/aromatic N) is 1. The molecule has 20 heavy (non-hydrogen) atoms. The van der Waals surface area contributed by atoms with E-state index in [4.69, 9.17) is 10.9 Å². The van der Waals surface area contributed by atoms with E-state index >= 15 is 0 Å². The highest BCUT2D eigenvalue weighted by Gasteiger charge is 2.09. The third-order valence-corrected chi connectivity index (χ3v) is 3.72. The number of rotatable bonds is 4. The Balaban J connectivity index is 2.12. The Morgan fingerprint density at radius 1 is 1.25 bits per heavy atom. The van der Waals surface area contributed by atoms with E-state index in [0.29, 0.717) is 17.9 Å². The van der Waals surface area contributed by atoms with E-state index in [1.165, 1.54) is 12.1 Å². The quantitative estimate of drug-likeness (QED) is 0.734. The van der Waals surface area contributed by atoms with Crippen LogP contribution in [0.2, 0.25) is 0 Å². The molecule has 106 valence electrons. The van der Waals surface area contributed by atoms with Gasteiger partial charge in [0.25, 0.3) is 0 Å². The molecule has 0 bridgehead atoms. The van der Waals surface area contributed by atoms with Gasteiger partial charge in [-0.2, -0.15) is 0 Å². The van der Waals surface area contributed by atoms with Crippen molar-refractivity contribution in [3.05, 3.63) is 47.8 Å². The van der Waals surface area contributed by atoms with E-state index in [2.05, 4.69) is 10.3 Å². The normalized spacial score (nSPS) is 11.3. The number of primary sulfonamides is 1. The van der Waals surface area contributed by atoms with Crippen LogP contribution in [-0.4, -0.2) is 13.4 Å². The van der Waals surface area contributed by atoms with Gasteiger partial charge in [-0.05, 0) is 36.8 Å². The van der Waals surface area contributed by atoms with Gasteiger partial charge in [-0.15, -0.1) is 0 Å². The molecule has 0 aliphatic heterocycles. The molecular formula is C13H16N4O2S. The third kappa shape index (κ3) is 3.46. The second-order valence-electron chi connectivity index (χ2n) is 4.46. The Bertz CT molecular complexity index is 712. The number of nitrogen functional groups attached to an aromatic ring is 1. The molecule has 2 rings (SSSR count). The summed E-state index contributed by atoms with van der Waals surface area (Å²) in [6.07, 6.45) is 1.78. The lowest BCUT2D eigenvalue weighted by Crippen LogP contribution is -2.13. The zero-order valence-corrected chi connectivity index (χ0v) is 11.8. The molecule has 0 unspecified atom stereocenters. The second kappa shape index (κ2) is 5.48. The Hall–Kier alpha value is -2.12. The van der Waals surface area contributed by atoms with E-state index in [-0.39, 0.29) is 4.90 Å². The first-order valence-corrected chi connectivity index (χ1v) is 7.48. The maximum atomic E-state index is 11.2. The summed E-state index contributed by atoms with van der Waals surface area (Å²) in [6.45, 7) is 2.47. The molecule has 6 nitrogen and oxygen atoms in total. The lowest BCUT2D eigenvalue weighted by atomic mass is 10.2. The van der Waals surface area contributed by atoms with Crippen molar-refractivity contribution >= 4 is 21.4 Å². The summed E-state index contributed by atoms with van der Waals surface area (Å²) in [5.41, 5.74) is 8.74. The van der Waals surface area contributed by atoms with Crippen molar-refractivity contribution in [2.24, 2.45) is 5.14 Å². The standard InChI is InChI=1S/C13H16N4O2S/c1-9-2-3-10(7-16-9)8-17-13-5-4-11(6-12(13)14)20(15,18)19/h2-7,17H,8,14H2,1H3,(H2,15,18,19). The minimum Gasteiger partial charge on any atom is -0.397 e. The van der Waals surface area contributed by atoms with E-state index in [1.807, 2.05) is 19.1 Å². The van der Waals surface area contributed by atoms with Crippen LogP contribution in [0.5, 0.6) is 0 Å². The average Bonchev–Trinajstić information content (AvgIpc) is 2.38. The first-order valence-electron chi connectivity index (χ1n) is 5.94. The van der Waals surface area contributed by atoms with Crippen LogP contribution >= 0.6 is 0 Å². The first kappa shape index (κ1) is 14.3. The van der Waals surface area contributed by atoms with Crippen molar-refractivity contribution in [3.8, 4) is 0 Å². The van der Waals surface area contributed by atoms with E-state index in [0.717, 1.165) is 11.3 Å². The topological polar surface area (TPSA) is 111 Å². The Morgan fingerprint density at radius 3 is 2.55 bits per heavy atom. The summed E-state index contributed by atoms with van der Waals surface area (Å²) in [5, 5.41) is 8.17. The van der Waals surface area contributed by atoms with Crippen LogP contribution in [-0.2, 0) is 16.6 Å². The molecule has 0 saturated carbocycles. The number of anilines is 2. The van der Waals surface area contributed by atoms with Gasteiger partial charge in [0, 0.05) is 18.4 Å². The molecule has 2 aromatic rings. The molecule has 0 aliphatic rings. The molecule has 0 aliphatic carbocycles. The molecule has 0 fully saturated rings. The Kier molecular flexibility index (Phi) is 3.91. The van der Waals surface area contributed by atoms with Crippen LogP contribution in [0.4, 0.5) is 11.4 Å². The van der Waals surface area contributed by atoms with Crippen molar-refractivity contribution in [3.63, 3.8) is 0 Å². The third-order valence-electron chi connectivity index (χ3n) is 2.81. The van der Waals surface area contributed by atoms with Gasteiger partial charge in [-0.3, -0.25) is 4.98 Å². The Morgan fingerprint density at radius 2 is 2.00 bits per heavy atom.